The highest BCUT2D eigenvalue weighted by molar-refractivity contribution is 5.92. The van der Waals surface area contributed by atoms with Crippen LogP contribution in [0.25, 0.3) is 0 Å². The van der Waals surface area contributed by atoms with Gasteiger partial charge in [-0.25, -0.2) is 4.39 Å². The molecule has 0 aromatic heterocycles. The minimum atomic E-state index is -0.340. The van der Waals surface area contributed by atoms with Crippen molar-refractivity contribution >= 4 is 11.6 Å². The van der Waals surface area contributed by atoms with E-state index < -0.39 is 0 Å². The highest BCUT2D eigenvalue weighted by atomic mass is 19.1. The van der Waals surface area contributed by atoms with E-state index in [-0.39, 0.29) is 18.3 Å². The molecule has 4 nitrogen and oxygen atoms in total. The van der Waals surface area contributed by atoms with E-state index in [0.717, 1.165) is 36.4 Å². The lowest BCUT2D eigenvalue weighted by Crippen LogP contribution is -2.20. The molecule has 1 aliphatic heterocycles. The minimum Gasteiger partial charge on any atom is -0.493 e. The van der Waals surface area contributed by atoms with Crippen molar-refractivity contribution in [3.05, 3.63) is 53.8 Å². The first-order valence-electron chi connectivity index (χ1n) is 7.15. The fourth-order valence-corrected chi connectivity index (χ4v) is 2.31. The molecule has 22 heavy (non-hydrogen) atoms. The van der Waals surface area contributed by atoms with Crippen molar-refractivity contribution < 1.29 is 18.7 Å². The number of aryl methyl sites for hydroxylation is 1. The predicted molar refractivity (Wildman–Crippen MR) is 80.8 cm³/mol. The van der Waals surface area contributed by atoms with E-state index in [9.17, 15) is 9.18 Å². The lowest BCUT2D eigenvalue weighted by molar-refractivity contribution is -0.118. The van der Waals surface area contributed by atoms with Crippen molar-refractivity contribution in [3.63, 3.8) is 0 Å². The molecule has 0 radical (unpaired) electrons. The van der Waals surface area contributed by atoms with Crippen LogP contribution < -0.4 is 14.8 Å². The number of halogens is 1. The molecule has 1 amide bonds. The quantitative estimate of drug-likeness (QED) is 0.943. The molecule has 2 aromatic carbocycles. The van der Waals surface area contributed by atoms with Crippen molar-refractivity contribution in [2.75, 3.05) is 18.5 Å². The second-order valence-corrected chi connectivity index (χ2v) is 5.07. The van der Waals surface area contributed by atoms with Crippen molar-refractivity contribution in [1.82, 2.24) is 0 Å². The first-order chi connectivity index (χ1) is 10.7. The predicted octanol–water partition coefficient (Wildman–Crippen LogP) is 3.17. The van der Waals surface area contributed by atoms with Gasteiger partial charge in [0.05, 0.1) is 6.61 Å². The molecule has 0 saturated carbocycles. The van der Waals surface area contributed by atoms with Crippen LogP contribution in [-0.2, 0) is 11.2 Å². The Balaban J connectivity index is 1.56. The third-order valence-electron chi connectivity index (χ3n) is 3.38. The summed E-state index contributed by atoms with van der Waals surface area (Å²) in [6.07, 6.45) is 1.93. The molecular weight excluding hydrogens is 285 g/mol. The van der Waals surface area contributed by atoms with E-state index in [1.807, 2.05) is 12.1 Å². The molecule has 0 fully saturated rings. The third-order valence-corrected chi connectivity index (χ3v) is 3.38. The molecule has 5 heteroatoms. The number of nitrogens with one attached hydrogen (secondary N) is 1. The van der Waals surface area contributed by atoms with Crippen LogP contribution in [-0.4, -0.2) is 19.1 Å². The van der Waals surface area contributed by atoms with Gasteiger partial charge in [-0.3, -0.25) is 4.79 Å². The summed E-state index contributed by atoms with van der Waals surface area (Å²) in [6, 6.07) is 11.1. The van der Waals surface area contributed by atoms with Gasteiger partial charge >= 0.3 is 0 Å². The van der Waals surface area contributed by atoms with Gasteiger partial charge in [0.15, 0.2) is 6.61 Å². The summed E-state index contributed by atoms with van der Waals surface area (Å²) < 4.78 is 23.6. The molecule has 2 aromatic rings. The second kappa shape index (κ2) is 6.47. The number of hydrogen-bond acceptors (Lipinski definition) is 3. The zero-order chi connectivity index (χ0) is 15.4. The molecule has 0 atom stereocenters. The lowest BCUT2D eigenvalue weighted by Gasteiger charge is -2.18. The highest BCUT2D eigenvalue weighted by Gasteiger charge is 2.11. The molecule has 0 saturated heterocycles. The number of ether oxygens (including phenoxy) is 2. The lowest BCUT2D eigenvalue weighted by atomic mass is 10.1. The van der Waals surface area contributed by atoms with E-state index in [1.54, 1.807) is 6.07 Å². The Kier molecular flexibility index (Phi) is 4.23. The maximum Gasteiger partial charge on any atom is 0.262 e. The fraction of sp³-hybridized carbons (Fsp3) is 0.235. The fourth-order valence-electron chi connectivity index (χ4n) is 2.31. The van der Waals surface area contributed by atoms with E-state index in [1.165, 1.54) is 24.3 Å². The zero-order valence-electron chi connectivity index (χ0n) is 12.0. The van der Waals surface area contributed by atoms with Crippen LogP contribution in [0.1, 0.15) is 12.0 Å². The van der Waals surface area contributed by atoms with Gasteiger partial charge in [0.25, 0.3) is 5.91 Å². The molecule has 0 aliphatic carbocycles. The molecule has 3 rings (SSSR count). The summed E-state index contributed by atoms with van der Waals surface area (Å²) in [7, 11) is 0. The van der Waals surface area contributed by atoms with Gasteiger partial charge in [-0.1, -0.05) is 0 Å². The average molecular weight is 301 g/mol. The van der Waals surface area contributed by atoms with E-state index in [2.05, 4.69) is 5.32 Å². The highest BCUT2D eigenvalue weighted by Crippen LogP contribution is 2.27. The molecule has 114 valence electrons. The minimum absolute atomic E-state index is 0.126. The molecule has 1 aliphatic rings. The smallest absolute Gasteiger partial charge is 0.262 e. The number of fused-ring (bicyclic) bond motifs is 1. The summed E-state index contributed by atoms with van der Waals surface area (Å²) in [6.45, 7) is 0.615. The second-order valence-electron chi connectivity index (χ2n) is 5.07. The van der Waals surface area contributed by atoms with Gasteiger partial charge in [-0.15, -0.1) is 0 Å². The van der Waals surface area contributed by atoms with Crippen molar-refractivity contribution in [2.24, 2.45) is 0 Å². The molecule has 0 unspecified atom stereocenters. The number of hydrogen-bond donors (Lipinski definition) is 1. The van der Waals surface area contributed by atoms with Crippen LogP contribution in [0.4, 0.5) is 10.1 Å². The van der Waals surface area contributed by atoms with Gasteiger partial charge in [0.1, 0.15) is 17.3 Å². The molecule has 0 spiro atoms. The van der Waals surface area contributed by atoms with Crippen LogP contribution >= 0.6 is 0 Å². The van der Waals surface area contributed by atoms with E-state index in [0.29, 0.717) is 5.75 Å². The van der Waals surface area contributed by atoms with Crippen LogP contribution in [0, 0.1) is 5.82 Å². The number of benzene rings is 2. The van der Waals surface area contributed by atoms with Crippen molar-refractivity contribution in [2.45, 2.75) is 12.8 Å². The van der Waals surface area contributed by atoms with Crippen molar-refractivity contribution in [3.8, 4) is 11.5 Å². The number of carbonyl (C=O) groups is 1. The number of anilines is 1. The van der Waals surface area contributed by atoms with Gasteiger partial charge in [0, 0.05) is 5.69 Å². The maximum atomic E-state index is 12.8. The monoisotopic (exact) mass is 301 g/mol. The largest absolute Gasteiger partial charge is 0.493 e. The van der Waals surface area contributed by atoms with Crippen molar-refractivity contribution in [1.29, 1.82) is 0 Å². The summed E-state index contributed by atoms with van der Waals surface area (Å²) >= 11 is 0. The van der Waals surface area contributed by atoms with Crippen LogP contribution in [0.15, 0.2) is 42.5 Å². The Morgan fingerprint density at radius 1 is 1.23 bits per heavy atom. The van der Waals surface area contributed by atoms with Gasteiger partial charge < -0.3 is 14.8 Å². The molecular formula is C17H16FNO3. The summed E-state index contributed by atoms with van der Waals surface area (Å²) in [5.74, 6) is 0.733. The van der Waals surface area contributed by atoms with Gasteiger partial charge in [-0.05, 0) is 60.9 Å². The Bertz CT molecular complexity index is 670. The Labute approximate surface area is 127 Å². The third kappa shape index (κ3) is 3.55. The molecule has 1 N–H and O–H groups in total. The Morgan fingerprint density at radius 2 is 2.05 bits per heavy atom. The van der Waals surface area contributed by atoms with E-state index >= 15 is 0 Å². The number of amides is 1. The van der Waals surface area contributed by atoms with Gasteiger partial charge in [-0.2, -0.15) is 0 Å². The topological polar surface area (TPSA) is 47.6 Å². The normalized spacial score (nSPS) is 13.0. The summed E-state index contributed by atoms with van der Waals surface area (Å²) in [4.78, 5) is 11.9. The molecule has 1 heterocycles. The summed E-state index contributed by atoms with van der Waals surface area (Å²) in [5, 5.41) is 2.78. The first-order valence-corrected chi connectivity index (χ1v) is 7.15. The van der Waals surface area contributed by atoms with Crippen LogP contribution in [0.3, 0.4) is 0 Å². The first kappa shape index (κ1) is 14.4. The van der Waals surface area contributed by atoms with E-state index in [4.69, 9.17) is 9.47 Å². The van der Waals surface area contributed by atoms with Gasteiger partial charge in [0.2, 0.25) is 0 Å². The Morgan fingerprint density at radius 3 is 2.86 bits per heavy atom. The zero-order valence-corrected chi connectivity index (χ0v) is 12.0. The average Bonchev–Trinajstić information content (AvgIpc) is 2.54. The standard InChI is InChI=1S/C17H16FNO3/c18-13-3-6-15(7-4-13)22-11-17(20)19-14-5-8-16-12(10-14)2-1-9-21-16/h3-8,10H,1-2,9,11H2,(H,19,20). The Hall–Kier alpha value is -2.56. The van der Waals surface area contributed by atoms with Crippen LogP contribution in [0.2, 0.25) is 0 Å². The maximum absolute atomic E-state index is 12.8. The van der Waals surface area contributed by atoms with Crippen LogP contribution in [0.5, 0.6) is 11.5 Å². The number of carbonyl (C=O) groups excluding carboxylic acids is 1. The molecule has 0 bridgehead atoms. The number of rotatable bonds is 4. The SMILES string of the molecule is O=C(COc1ccc(F)cc1)Nc1ccc2c(c1)CCCO2. The summed E-state index contributed by atoms with van der Waals surface area (Å²) in [5.41, 5.74) is 1.82.